The Kier molecular flexibility index (Phi) is 4.31. The van der Waals surface area contributed by atoms with E-state index in [1.165, 1.54) is 6.07 Å². The van der Waals surface area contributed by atoms with Crippen molar-refractivity contribution in [2.75, 3.05) is 23.4 Å². The molecule has 8 heteroatoms. The molecule has 1 amide bonds. The molecule has 1 aliphatic rings. The van der Waals surface area contributed by atoms with E-state index in [9.17, 15) is 18.0 Å². The molecule has 0 bridgehead atoms. The molecule has 1 aromatic heterocycles. The number of pyridine rings is 1. The lowest BCUT2D eigenvalue weighted by atomic mass is 10.2. The van der Waals surface area contributed by atoms with Crippen molar-refractivity contribution in [2.24, 2.45) is 0 Å². The smallest absolute Gasteiger partial charge is 0.323 e. The number of anilines is 1. The SMILES string of the molecule is O=C(Nc1ccc(C(F)(F)F)nc1)C1CSCCN1. The molecule has 104 valence electrons. The Bertz CT molecular complexity index is 443. The van der Waals surface area contributed by atoms with Crippen molar-refractivity contribution in [1.82, 2.24) is 10.3 Å². The van der Waals surface area contributed by atoms with Gasteiger partial charge in [0.15, 0.2) is 0 Å². The summed E-state index contributed by atoms with van der Waals surface area (Å²) in [6.45, 7) is 0.744. The van der Waals surface area contributed by atoms with Crippen LogP contribution in [0.3, 0.4) is 0 Å². The minimum absolute atomic E-state index is 0.256. The fourth-order valence-corrected chi connectivity index (χ4v) is 2.53. The molecule has 0 radical (unpaired) electrons. The first-order valence-electron chi connectivity index (χ1n) is 5.62. The van der Waals surface area contributed by atoms with Gasteiger partial charge in [-0.05, 0) is 12.1 Å². The molecule has 1 unspecified atom stereocenters. The molecule has 2 heterocycles. The van der Waals surface area contributed by atoms with Crippen LogP contribution in [0, 0.1) is 0 Å². The van der Waals surface area contributed by atoms with Crippen LogP contribution in [0.5, 0.6) is 0 Å². The van der Waals surface area contributed by atoms with E-state index in [1.54, 1.807) is 11.8 Å². The van der Waals surface area contributed by atoms with Crippen LogP contribution < -0.4 is 10.6 Å². The molecule has 1 atom stereocenters. The van der Waals surface area contributed by atoms with Gasteiger partial charge in [0.2, 0.25) is 5.91 Å². The van der Waals surface area contributed by atoms with E-state index in [2.05, 4.69) is 15.6 Å². The van der Waals surface area contributed by atoms with E-state index < -0.39 is 11.9 Å². The van der Waals surface area contributed by atoms with Crippen LogP contribution >= 0.6 is 11.8 Å². The first-order chi connectivity index (χ1) is 8.97. The van der Waals surface area contributed by atoms with Crippen LogP contribution in [0.4, 0.5) is 18.9 Å². The van der Waals surface area contributed by atoms with E-state index in [0.717, 1.165) is 24.6 Å². The Morgan fingerprint density at radius 3 is 2.79 bits per heavy atom. The highest BCUT2D eigenvalue weighted by Crippen LogP contribution is 2.27. The molecular formula is C11H12F3N3OS. The molecule has 19 heavy (non-hydrogen) atoms. The number of thioether (sulfide) groups is 1. The average molecular weight is 291 g/mol. The van der Waals surface area contributed by atoms with Crippen molar-refractivity contribution in [2.45, 2.75) is 12.2 Å². The quantitative estimate of drug-likeness (QED) is 0.871. The summed E-state index contributed by atoms with van der Waals surface area (Å²) >= 11 is 1.66. The van der Waals surface area contributed by atoms with Crippen molar-refractivity contribution in [1.29, 1.82) is 0 Å². The van der Waals surface area contributed by atoms with Gasteiger partial charge in [0.1, 0.15) is 5.69 Å². The maximum atomic E-state index is 12.3. The molecule has 4 nitrogen and oxygen atoms in total. The summed E-state index contributed by atoms with van der Waals surface area (Å²) in [5.41, 5.74) is -0.716. The van der Waals surface area contributed by atoms with Gasteiger partial charge in [-0.1, -0.05) is 0 Å². The van der Waals surface area contributed by atoms with Gasteiger partial charge in [-0.2, -0.15) is 24.9 Å². The zero-order valence-electron chi connectivity index (χ0n) is 9.83. The number of aromatic nitrogens is 1. The van der Waals surface area contributed by atoms with Crippen LogP contribution in [-0.4, -0.2) is 35.0 Å². The third-order valence-corrected chi connectivity index (χ3v) is 3.62. The van der Waals surface area contributed by atoms with E-state index in [0.29, 0.717) is 5.75 Å². The molecule has 0 aromatic carbocycles. The van der Waals surface area contributed by atoms with E-state index in [4.69, 9.17) is 0 Å². The zero-order valence-corrected chi connectivity index (χ0v) is 10.6. The molecule has 1 saturated heterocycles. The van der Waals surface area contributed by atoms with E-state index in [1.807, 2.05) is 0 Å². The Balaban J connectivity index is 1.97. The summed E-state index contributed by atoms with van der Waals surface area (Å²) in [6.07, 6.45) is -3.46. The van der Waals surface area contributed by atoms with Gasteiger partial charge >= 0.3 is 6.18 Å². The number of halogens is 3. The van der Waals surface area contributed by atoms with Crippen molar-refractivity contribution in [3.05, 3.63) is 24.0 Å². The molecular weight excluding hydrogens is 279 g/mol. The predicted octanol–water partition coefficient (Wildman–Crippen LogP) is 1.74. The lowest BCUT2D eigenvalue weighted by molar-refractivity contribution is -0.141. The van der Waals surface area contributed by atoms with Crippen molar-refractivity contribution in [3.8, 4) is 0 Å². The highest BCUT2D eigenvalue weighted by molar-refractivity contribution is 7.99. The van der Waals surface area contributed by atoms with E-state index >= 15 is 0 Å². The van der Waals surface area contributed by atoms with Crippen LogP contribution in [0.25, 0.3) is 0 Å². The second-order valence-corrected chi connectivity index (χ2v) is 5.15. The van der Waals surface area contributed by atoms with Gasteiger partial charge in [-0.25, -0.2) is 4.98 Å². The summed E-state index contributed by atoms with van der Waals surface area (Å²) in [5.74, 6) is 1.35. The summed E-state index contributed by atoms with van der Waals surface area (Å²) in [7, 11) is 0. The van der Waals surface area contributed by atoms with Crippen LogP contribution in [0.1, 0.15) is 5.69 Å². The van der Waals surface area contributed by atoms with Crippen LogP contribution in [-0.2, 0) is 11.0 Å². The van der Waals surface area contributed by atoms with Gasteiger partial charge in [-0.3, -0.25) is 4.79 Å². The first kappa shape index (κ1) is 14.1. The number of nitrogens with one attached hydrogen (secondary N) is 2. The van der Waals surface area contributed by atoms with Gasteiger partial charge in [-0.15, -0.1) is 0 Å². The molecule has 1 fully saturated rings. The number of amides is 1. The highest BCUT2D eigenvalue weighted by Gasteiger charge is 2.32. The van der Waals surface area contributed by atoms with E-state index in [-0.39, 0.29) is 17.6 Å². The highest BCUT2D eigenvalue weighted by atomic mass is 32.2. The molecule has 2 rings (SSSR count). The summed E-state index contributed by atoms with van der Waals surface area (Å²) in [4.78, 5) is 15.1. The second kappa shape index (κ2) is 5.79. The van der Waals surface area contributed by atoms with Crippen LogP contribution in [0.2, 0.25) is 0 Å². The molecule has 0 saturated carbocycles. The van der Waals surface area contributed by atoms with Gasteiger partial charge in [0, 0.05) is 18.1 Å². The summed E-state index contributed by atoms with van der Waals surface area (Å²) < 4.78 is 36.9. The lowest BCUT2D eigenvalue weighted by Gasteiger charge is -2.22. The van der Waals surface area contributed by atoms with Crippen molar-refractivity contribution < 1.29 is 18.0 Å². The number of rotatable bonds is 2. The monoisotopic (exact) mass is 291 g/mol. The molecule has 2 N–H and O–H groups in total. The third kappa shape index (κ3) is 3.84. The number of alkyl halides is 3. The van der Waals surface area contributed by atoms with Crippen molar-refractivity contribution >= 4 is 23.4 Å². The molecule has 0 aliphatic carbocycles. The second-order valence-electron chi connectivity index (χ2n) is 4.00. The first-order valence-corrected chi connectivity index (χ1v) is 6.77. The predicted molar refractivity (Wildman–Crippen MR) is 67.0 cm³/mol. The van der Waals surface area contributed by atoms with Crippen molar-refractivity contribution in [3.63, 3.8) is 0 Å². The maximum Gasteiger partial charge on any atom is 0.433 e. The fourth-order valence-electron chi connectivity index (χ4n) is 1.60. The fraction of sp³-hybridized carbons (Fsp3) is 0.455. The van der Waals surface area contributed by atoms with Gasteiger partial charge < -0.3 is 10.6 Å². The maximum absolute atomic E-state index is 12.3. The summed E-state index contributed by atoms with van der Waals surface area (Å²) in [5, 5.41) is 5.59. The Labute approximate surface area is 112 Å². The minimum Gasteiger partial charge on any atom is -0.323 e. The zero-order chi connectivity index (χ0) is 13.9. The average Bonchev–Trinajstić information content (AvgIpc) is 2.39. The lowest BCUT2D eigenvalue weighted by Crippen LogP contribution is -2.46. The molecule has 1 aliphatic heterocycles. The Morgan fingerprint density at radius 2 is 2.26 bits per heavy atom. The minimum atomic E-state index is -4.47. The Hall–Kier alpha value is -1.28. The van der Waals surface area contributed by atoms with Gasteiger partial charge in [0.05, 0.1) is 17.9 Å². The topological polar surface area (TPSA) is 54.0 Å². The number of carbonyl (C=O) groups is 1. The largest absolute Gasteiger partial charge is 0.433 e. The standard InChI is InChI=1S/C11H12F3N3OS/c12-11(13,14)9-2-1-7(5-16-9)17-10(18)8-6-19-4-3-15-8/h1-2,5,8,15H,3-4,6H2,(H,17,18). The normalized spacial score (nSPS) is 20.1. The Morgan fingerprint density at radius 1 is 1.47 bits per heavy atom. The number of hydrogen-bond donors (Lipinski definition) is 2. The number of hydrogen-bond acceptors (Lipinski definition) is 4. The summed E-state index contributed by atoms with van der Waals surface area (Å²) in [6, 6.07) is 1.73. The molecule has 0 spiro atoms. The van der Waals surface area contributed by atoms with Gasteiger partial charge in [0.25, 0.3) is 0 Å². The number of carbonyl (C=O) groups excluding carboxylic acids is 1. The molecule has 1 aromatic rings. The van der Waals surface area contributed by atoms with Crippen LogP contribution in [0.15, 0.2) is 18.3 Å². The third-order valence-electron chi connectivity index (χ3n) is 2.56. The number of nitrogens with zero attached hydrogens (tertiary/aromatic N) is 1.